The SMILES string of the molecule is Cc1cc(CCCCN(C)C(=O)C2=C(N(C)C=O)NCN2C)on1. The molecule has 1 aromatic rings. The number of amides is 2. The van der Waals surface area contributed by atoms with Crippen LogP contribution < -0.4 is 5.32 Å². The number of hydrogen-bond acceptors (Lipinski definition) is 6. The molecule has 2 heterocycles. The lowest BCUT2D eigenvalue weighted by Crippen LogP contribution is -2.35. The number of hydrogen-bond donors (Lipinski definition) is 1. The first-order chi connectivity index (χ1) is 11.4. The van der Waals surface area contributed by atoms with Gasteiger partial charge in [0.25, 0.3) is 5.91 Å². The summed E-state index contributed by atoms with van der Waals surface area (Å²) < 4.78 is 5.18. The fraction of sp³-hybridized carbons (Fsp3) is 0.562. The molecule has 0 aliphatic carbocycles. The van der Waals surface area contributed by atoms with Crippen molar-refractivity contribution in [3.05, 3.63) is 29.0 Å². The van der Waals surface area contributed by atoms with Crippen LogP contribution in [0.15, 0.2) is 22.1 Å². The van der Waals surface area contributed by atoms with Crippen LogP contribution in [0.2, 0.25) is 0 Å². The molecule has 0 radical (unpaired) electrons. The highest BCUT2D eigenvalue weighted by molar-refractivity contribution is 5.94. The van der Waals surface area contributed by atoms with Gasteiger partial charge in [0.2, 0.25) is 6.41 Å². The van der Waals surface area contributed by atoms with Crippen LogP contribution >= 0.6 is 0 Å². The molecule has 0 spiro atoms. The third kappa shape index (κ3) is 4.06. The van der Waals surface area contributed by atoms with E-state index in [0.717, 1.165) is 30.7 Å². The zero-order chi connectivity index (χ0) is 17.7. The lowest BCUT2D eigenvalue weighted by Gasteiger charge is -2.22. The van der Waals surface area contributed by atoms with Gasteiger partial charge in [0.05, 0.1) is 12.4 Å². The molecule has 0 atom stereocenters. The molecule has 0 fully saturated rings. The van der Waals surface area contributed by atoms with Crippen molar-refractivity contribution >= 4 is 12.3 Å². The van der Waals surface area contributed by atoms with Crippen molar-refractivity contribution < 1.29 is 14.1 Å². The maximum absolute atomic E-state index is 12.7. The summed E-state index contributed by atoms with van der Waals surface area (Å²) in [5.41, 5.74) is 1.39. The van der Waals surface area contributed by atoms with Gasteiger partial charge < -0.3 is 24.5 Å². The number of rotatable bonds is 8. The van der Waals surface area contributed by atoms with Crippen molar-refractivity contribution in [3.8, 4) is 0 Å². The highest BCUT2D eigenvalue weighted by Gasteiger charge is 2.29. The predicted molar refractivity (Wildman–Crippen MR) is 88.4 cm³/mol. The molecule has 1 aliphatic heterocycles. The van der Waals surface area contributed by atoms with Gasteiger partial charge in [-0.3, -0.25) is 9.59 Å². The molecule has 2 rings (SSSR count). The Bertz CT molecular complexity index is 625. The van der Waals surface area contributed by atoms with Crippen molar-refractivity contribution in [3.63, 3.8) is 0 Å². The third-order valence-corrected chi connectivity index (χ3v) is 3.99. The first kappa shape index (κ1) is 17.8. The standard InChI is InChI=1S/C16H25N5O3/c1-12-9-13(24-18-12)7-5-6-8-19(2)16(23)14-15(21(4)11-22)17-10-20(14)3/h9,11,17H,5-8,10H2,1-4H3. The average molecular weight is 335 g/mol. The maximum atomic E-state index is 12.7. The van der Waals surface area contributed by atoms with Gasteiger partial charge in [0.15, 0.2) is 0 Å². The zero-order valence-electron chi connectivity index (χ0n) is 14.7. The molecule has 0 bridgehead atoms. The Morgan fingerprint density at radius 3 is 2.83 bits per heavy atom. The van der Waals surface area contributed by atoms with Crippen LogP contribution in [0.3, 0.4) is 0 Å². The summed E-state index contributed by atoms with van der Waals surface area (Å²) in [6, 6.07) is 1.93. The fourth-order valence-electron chi connectivity index (χ4n) is 2.61. The van der Waals surface area contributed by atoms with Gasteiger partial charge in [-0.2, -0.15) is 0 Å². The Balaban J connectivity index is 1.87. The van der Waals surface area contributed by atoms with Crippen LogP contribution in [-0.4, -0.2) is 66.5 Å². The van der Waals surface area contributed by atoms with Crippen molar-refractivity contribution in [1.29, 1.82) is 0 Å². The van der Waals surface area contributed by atoms with Gasteiger partial charge >= 0.3 is 0 Å². The molecule has 8 nitrogen and oxygen atoms in total. The third-order valence-electron chi connectivity index (χ3n) is 3.99. The average Bonchev–Trinajstić information content (AvgIpc) is 3.15. The predicted octanol–water partition coefficient (Wildman–Crippen LogP) is 0.514. The Hall–Kier alpha value is -2.51. The summed E-state index contributed by atoms with van der Waals surface area (Å²) in [6.07, 6.45) is 3.28. The normalized spacial score (nSPS) is 13.9. The number of nitrogens with one attached hydrogen (secondary N) is 1. The van der Waals surface area contributed by atoms with Gasteiger partial charge in [0.1, 0.15) is 17.3 Å². The van der Waals surface area contributed by atoms with E-state index < -0.39 is 0 Å². The molecule has 2 amide bonds. The summed E-state index contributed by atoms with van der Waals surface area (Å²) in [7, 11) is 5.23. The number of carbonyl (C=O) groups excluding carboxylic acids is 2. The second-order valence-electron chi connectivity index (χ2n) is 6.06. The highest BCUT2D eigenvalue weighted by atomic mass is 16.5. The van der Waals surface area contributed by atoms with Gasteiger partial charge in [-0.05, 0) is 19.8 Å². The van der Waals surface area contributed by atoms with Crippen molar-refractivity contribution in [1.82, 2.24) is 25.2 Å². The summed E-state index contributed by atoms with van der Waals surface area (Å²) in [5.74, 6) is 1.32. The Kier molecular flexibility index (Phi) is 5.83. The highest BCUT2D eigenvalue weighted by Crippen LogP contribution is 2.17. The first-order valence-electron chi connectivity index (χ1n) is 7.99. The molecule has 1 N–H and O–H groups in total. The van der Waals surface area contributed by atoms with Crippen molar-refractivity contribution in [2.45, 2.75) is 26.2 Å². The van der Waals surface area contributed by atoms with Crippen LogP contribution in [0.4, 0.5) is 0 Å². The number of nitrogens with zero attached hydrogens (tertiary/aromatic N) is 4. The lowest BCUT2D eigenvalue weighted by molar-refractivity contribution is -0.127. The van der Waals surface area contributed by atoms with E-state index in [2.05, 4.69) is 10.5 Å². The van der Waals surface area contributed by atoms with Crippen LogP contribution in [0, 0.1) is 6.92 Å². The largest absolute Gasteiger partial charge is 0.361 e. The number of aryl methyl sites for hydroxylation is 2. The van der Waals surface area contributed by atoms with E-state index in [9.17, 15) is 9.59 Å². The molecule has 0 saturated carbocycles. The van der Waals surface area contributed by atoms with Crippen LogP contribution in [0.1, 0.15) is 24.3 Å². The number of unbranched alkanes of at least 4 members (excludes halogenated alkanes) is 1. The molecule has 8 heteroatoms. The number of likely N-dealkylation sites (N-methyl/N-ethyl adjacent to an activating group) is 2. The second kappa shape index (κ2) is 7.85. The molecule has 24 heavy (non-hydrogen) atoms. The minimum atomic E-state index is -0.0956. The molecule has 132 valence electrons. The zero-order valence-corrected chi connectivity index (χ0v) is 14.7. The number of aromatic nitrogens is 1. The molecular weight excluding hydrogens is 310 g/mol. The molecule has 0 aromatic carbocycles. The smallest absolute Gasteiger partial charge is 0.273 e. The van der Waals surface area contributed by atoms with E-state index in [1.807, 2.05) is 24.9 Å². The van der Waals surface area contributed by atoms with Crippen molar-refractivity contribution in [2.75, 3.05) is 34.4 Å². The minimum absolute atomic E-state index is 0.0956. The fourth-order valence-corrected chi connectivity index (χ4v) is 2.61. The summed E-state index contributed by atoms with van der Waals surface area (Å²) in [4.78, 5) is 28.5. The quantitative estimate of drug-likeness (QED) is 0.551. The molecule has 0 saturated heterocycles. The van der Waals surface area contributed by atoms with Gasteiger partial charge in [0, 0.05) is 40.2 Å². The van der Waals surface area contributed by atoms with E-state index in [1.165, 1.54) is 4.90 Å². The van der Waals surface area contributed by atoms with Crippen LogP contribution in [0.5, 0.6) is 0 Å². The molecule has 1 aliphatic rings. The summed E-state index contributed by atoms with van der Waals surface area (Å²) >= 11 is 0. The maximum Gasteiger partial charge on any atom is 0.273 e. The monoisotopic (exact) mass is 335 g/mol. The van der Waals surface area contributed by atoms with Crippen LogP contribution in [-0.2, 0) is 16.0 Å². The van der Waals surface area contributed by atoms with E-state index in [-0.39, 0.29) is 5.91 Å². The van der Waals surface area contributed by atoms with E-state index in [4.69, 9.17) is 4.52 Å². The summed E-state index contributed by atoms with van der Waals surface area (Å²) in [6.45, 7) is 3.04. The van der Waals surface area contributed by atoms with Gasteiger partial charge in [-0.15, -0.1) is 0 Å². The van der Waals surface area contributed by atoms with E-state index >= 15 is 0 Å². The Morgan fingerprint density at radius 2 is 2.21 bits per heavy atom. The first-order valence-corrected chi connectivity index (χ1v) is 7.99. The summed E-state index contributed by atoms with van der Waals surface area (Å²) in [5, 5.41) is 6.93. The molecule has 0 unspecified atom stereocenters. The van der Waals surface area contributed by atoms with E-state index in [1.54, 1.807) is 19.0 Å². The van der Waals surface area contributed by atoms with E-state index in [0.29, 0.717) is 31.1 Å². The molecule has 1 aromatic heterocycles. The minimum Gasteiger partial charge on any atom is -0.361 e. The van der Waals surface area contributed by atoms with Crippen LogP contribution in [0.25, 0.3) is 0 Å². The molecular formula is C16H25N5O3. The second-order valence-corrected chi connectivity index (χ2v) is 6.06. The topological polar surface area (TPSA) is 81.9 Å². The Morgan fingerprint density at radius 1 is 1.46 bits per heavy atom. The van der Waals surface area contributed by atoms with Gasteiger partial charge in [-0.1, -0.05) is 5.16 Å². The number of carbonyl (C=O) groups is 2. The van der Waals surface area contributed by atoms with Crippen molar-refractivity contribution in [2.24, 2.45) is 0 Å². The van der Waals surface area contributed by atoms with Gasteiger partial charge in [-0.25, -0.2) is 0 Å². The lowest BCUT2D eigenvalue weighted by atomic mass is 10.2. The Labute approximate surface area is 142 Å².